The highest BCUT2D eigenvalue weighted by molar-refractivity contribution is 14.1. The van der Waals surface area contributed by atoms with Gasteiger partial charge >= 0.3 is 0 Å². The summed E-state index contributed by atoms with van der Waals surface area (Å²) in [4.78, 5) is 12.8. The molecule has 56 valence electrons. The van der Waals surface area contributed by atoms with Gasteiger partial charge in [-0.2, -0.15) is 0 Å². The summed E-state index contributed by atoms with van der Waals surface area (Å²) in [6.45, 7) is 0. The van der Waals surface area contributed by atoms with Crippen molar-refractivity contribution in [3.63, 3.8) is 0 Å². The molecule has 0 saturated carbocycles. The molecule has 2 aromatic heterocycles. The molecule has 0 N–H and O–H groups in total. The number of thiazole rings is 1. The third-order valence-corrected chi connectivity index (χ3v) is 3.05. The molecule has 6 heteroatoms. The summed E-state index contributed by atoms with van der Waals surface area (Å²) in [5, 5.41) is 0.425. The first-order chi connectivity index (χ1) is 5.27. The van der Waals surface area contributed by atoms with E-state index in [1.54, 1.807) is 0 Å². The van der Waals surface area contributed by atoms with E-state index in [4.69, 9.17) is 11.6 Å². The second kappa shape index (κ2) is 2.80. The van der Waals surface area contributed by atoms with Crippen LogP contribution in [0.2, 0.25) is 5.15 Å². The molecule has 2 rings (SSSR count). The summed E-state index contributed by atoms with van der Waals surface area (Å²) in [6.07, 6.45) is 1.44. The first kappa shape index (κ1) is 7.63. The van der Waals surface area contributed by atoms with Crippen molar-refractivity contribution in [1.82, 2.24) is 15.0 Å². The quantitative estimate of drug-likeness (QED) is 0.553. The Bertz CT molecular complexity index is 402. The summed E-state index contributed by atoms with van der Waals surface area (Å²) >= 11 is 9.40. The highest BCUT2D eigenvalue weighted by Gasteiger charge is 2.05. The molecule has 0 saturated heterocycles. The first-order valence-corrected chi connectivity index (χ1v) is 4.97. The number of nitrogens with zero attached hydrogens (tertiary/aromatic N) is 3. The zero-order valence-corrected chi connectivity index (χ0v) is 8.81. The fourth-order valence-corrected chi connectivity index (χ4v) is 2.44. The van der Waals surface area contributed by atoms with Gasteiger partial charge in [0.25, 0.3) is 0 Å². The summed E-state index contributed by atoms with van der Waals surface area (Å²) in [5.74, 6) is 0. The third kappa shape index (κ3) is 1.32. The number of fused-ring (bicyclic) bond motifs is 1. The van der Waals surface area contributed by atoms with Gasteiger partial charge in [-0.25, -0.2) is 15.0 Å². The zero-order chi connectivity index (χ0) is 7.84. The maximum absolute atomic E-state index is 5.76. The van der Waals surface area contributed by atoms with Crippen LogP contribution in [0.25, 0.3) is 10.3 Å². The van der Waals surface area contributed by atoms with E-state index < -0.39 is 0 Å². The molecule has 0 amide bonds. The molecule has 0 radical (unpaired) electrons. The number of hydrogen-bond acceptors (Lipinski definition) is 4. The van der Waals surface area contributed by atoms with E-state index in [9.17, 15) is 0 Å². The van der Waals surface area contributed by atoms with Crippen LogP contribution in [-0.2, 0) is 0 Å². The summed E-state index contributed by atoms with van der Waals surface area (Å²) in [7, 11) is 0. The summed E-state index contributed by atoms with van der Waals surface area (Å²) in [6, 6.07) is 0. The van der Waals surface area contributed by atoms with Gasteiger partial charge in [0, 0.05) is 0 Å². The summed E-state index contributed by atoms with van der Waals surface area (Å²) < 4.78 is 0.931. The van der Waals surface area contributed by atoms with Crippen LogP contribution < -0.4 is 0 Å². The van der Waals surface area contributed by atoms with Crippen LogP contribution >= 0.6 is 45.5 Å². The van der Waals surface area contributed by atoms with Crippen molar-refractivity contribution in [2.45, 2.75) is 0 Å². The molecule has 0 unspecified atom stereocenters. The Labute approximate surface area is 85.0 Å². The van der Waals surface area contributed by atoms with Crippen LogP contribution in [0.5, 0.6) is 0 Å². The van der Waals surface area contributed by atoms with Crippen LogP contribution in [0.3, 0.4) is 0 Å². The SMILES string of the molecule is Clc1ncnc2sc(I)nc12. The number of rotatable bonds is 0. The van der Waals surface area contributed by atoms with Gasteiger partial charge in [0.15, 0.2) is 8.17 Å². The highest BCUT2D eigenvalue weighted by atomic mass is 127. The topological polar surface area (TPSA) is 38.7 Å². The minimum absolute atomic E-state index is 0.425. The van der Waals surface area contributed by atoms with Gasteiger partial charge in [-0.1, -0.05) is 22.9 Å². The maximum atomic E-state index is 5.76. The largest absolute Gasteiger partial charge is 0.225 e. The van der Waals surface area contributed by atoms with Gasteiger partial charge < -0.3 is 0 Å². The predicted octanol–water partition coefficient (Wildman–Crippen LogP) is 2.34. The average molecular weight is 298 g/mol. The zero-order valence-electron chi connectivity index (χ0n) is 5.08. The molecule has 0 aliphatic heterocycles. The van der Waals surface area contributed by atoms with Crippen LogP contribution in [0.1, 0.15) is 0 Å². The lowest BCUT2D eigenvalue weighted by atomic mass is 10.6. The predicted molar refractivity (Wildman–Crippen MR) is 52.9 cm³/mol. The molecule has 11 heavy (non-hydrogen) atoms. The Morgan fingerprint density at radius 1 is 1.45 bits per heavy atom. The van der Waals surface area contributed by atoms with E-state index in [0.717, 1.165) is 7.84 Å². The van der Waals surface area contributed by atoms with Crippen molar-refractivity contribution < 1.29 is 0 Å². The molecular formula is C5HClIN3S. The molecular weight excluding hydrogens is 296 g/mol. The minimum Gasteiger partial charge on any atom is -0.225 e. The van der Waals surface area contributed by atoms with E-state index in [1.807, 2.05) is 0 Å². The van der Waals surface area contributed by atoms with Gasteiger partial charge in [-0.05, 0) is 22.6 Å². The summed E-state index contributed by atoms with van der Waals surface area (Å²) in [5.41, 5.74) is 0.698. The second-order valence-electron chi connectivity index (χ2n) is 1.79. The Morgan fingerprint density at radius 2 is 2.27 bits per heavy atom. The standard InChI is InChI=1S/C5HClIN3S/c6-3-2-4(9-1-8-3)11-5(7)10-2/h1H. The van der Waals surface area contributed by atoms with Gasteiger partial charge in [0.1, 0.15) is 16.7 Å². The van der Waals surface area contributed by atoms with Crippen molar-refractivity contribution in [3.8, 4) is 0 Å². The van der Waals surface area contributed by atoms with E-state index in [-0.39, 0.29) is 0 Å². The molecule has 0 aromatic carbocycles. The molecule has 0 bridgehead atoms. The Morgan fingerprint density at radius 3 is 3.00 bits per heavy atom. The number of aromatic nitrogens is 3. The highest BCUT2D eigenvalue weighted by Crippen LogP contribution is 2.24. The Kier molecular flexibility index (Phi) is 1.94. The molecule has 2 heterocycles. The van der Waals surface area contributed by atoms with Crippen LogP contribution in [-0.4, -0.2) is 15.0 Å². The van der Waals surface area contributed by atoms with E-state index >= 15 is 0 Å². The molecule has 2 aromatic rings. The van der Waals surface area contributed by atoms with Gasteiger partial charge in [-0.3, -0.25) is 0 Å². The Hall–Kier alpha value is -0.0100. The van der Waals surface area contributed by atoms with Crippen molar-refractivity contribution in [2.24, 2.45) is 0 Å². The van der Waals surface area contributed by atoms with Crippen molar-refractivity contribution in [3.05, 3.63) is 14.5 Å². The molecule has 0 aliphatic rings. The lowest BCUT2D eigenvalue weighted by molar-refractivity contribution is 1.22. The van der Waals surface area contributed by atoms with Crippen LogP contribution in [0, 0.1) is 3.01 Å². The van der Waals surface area contributed by atoms with E-state index in [1.165, 1.54) is 17.7 Å². The van der Waals surface area contributed by atoms with Crippen molar-refractivity contribution >= 4 is 55.9 Å². The fourth-order valence-electron chi connectivity index (χ4n) is 0.702. The Balaban J connectivity index is 2.90. The molecule has 3 nitrogen and oxygen atoms in total. The van der Waals surface area contributed by atoms with E-state index in [0.29, 0.717) is 10.7 Å². The monoisotopic (exact) mass is 297 g/mol. The van der Waals surface area contributed by atoms with E-state index in [2.05, 4.69) is 37.5 Å². The maximum Gasteiger partial charge on any atom is 0.159 e. The number of halogens is 2. The van der Waals surface area contributed by atoms with Crippen molar-refractivity contribution in [2.75, 3.05) is 0 Å². The lowest BCUT2D eigenvalue weighted by Crippen LogP contribution is -1.79. The van der Waals surface area contributed by atoms with Crippen LogP contribution in [0.15, 0.2) is 6.33 Å². The lowest BCUT2D eigenvalue weighted by Gasteiger charge is -1.86. The molecule has 0 spiro atoms. The number of hydrogen-bond donors (Lipinski definition) is 0. The smallest absolute Gasteiger partial charge is 0.159 e. The average Bonchev–Trinajstić information content (AvgIpc) is 2.31. The second-order valence-corrected chi connectivity index (χ2v) is 4.87. The fraction of sp³-hybridized carbons (Fsp3) is 0. The third-order valence-electron chi connectivity index (χ3n) is 1.12. The molecule has 0 aliphatic carbocycles. The van der Waals surface area contributed by atoms with Crippen LogP contribution in [0.4, 0.5) is 0 Å². The molecule has 0 fully saturated rings. The molecule has 0 atom stereocenters. The minimum atomic E-state index is 0.425. The van der Waals surface area contributed by atoms with Gasteiger partial charge in [-0.15, -0.1) is 0 Å². The van der Waals surface area contributed by atoms with Gasteiger partial charge in [0.2, 0.25) is 0 Å². The van der Waals surface area contributed by atoms with Gasteiger partial charge in [0.05, 0.1) is 0 Å². The first-order valence-electron chi connectivity index (χ1n) is 2.70. The normalized spacial score (nSPS) is 10.7. The van der Waals surface area contributed by atoms with Crippen molar-refractivity contribution in [1.29, 1.82) is 0 Å².